The van der Waals surface area contributed by atoms with Crippen molar-refractivity contribution in [2.75, 3.05) is 77.1 Å². The van der Waals surface area contributed by atoms with Crippen molar-refractivity contribution >= 4 is 107 Å². The van der Waals surface area contributed by atoms with Crippen LogP contribution in [0, 0.1) is 0 Å². The van der Waals surface area contributed by atoms with Crippen molar-refractivity contribution in [3.05, 3.63) is 83.6 Å². The van der Waals surface area contributed by atoms with Crippen molar-refractivity contribution < 1.29 is 108 Å². The second-order valence-electron chi connectivity index (χ2n) is 19.3. The summed E-state index contributed by atoms with van der Waals surface area (Å²) in [6, 6.07) is 8.38. The van der Waals surface area contributed by atoms with Crippen LogP contribution in [-0.4, -0.2) is 170 Å². The van der Waals surface area contributed by atoms with Crippen LogP contribution in [0.5, 0.6) is 0 Å². The summed E-state index contributed by atoms with van der Waals surface area (Å²) >= 11 is 0. The molecule has 1 unspecified atom stereocenters. The minimum atomic E-state index is -5.44. The number of fused-ring (bicyclic) bond motifs is 6. The van der Waals surface area contributed by atoms with Crippen LogP contribution in [0.25, 0.3) is 21.5 Å². The van der Waals surface area contributed by atoms with Crippen LogP contribution < -0.4 is 4.90 Å². The average Bonchev–Trinajstić information content (AvgIpc) is 3.88. The summed E-state index contributed by atoms with van der Waals surface area (Å²) in [4.78, 5) is 37.9. The lowest BCUT2D eigenvalue weighted by atomic mass is 9.75. The highest BCUT2D eigenvalue weighted by Crippen LogP contribution is 2.54. The molecule has 31 heteroatoms. The molecule has 4 aromatic rings. The number of rotatable bonds is 26. The Hall–Kier alpha value is -5.65. The van der Waals surface area contributed by atoms with E-state index in [0.29, 0.717) is 45.5 Å². The molecule has 3 aliphatic rings. The summed E-state index contributed by atoms with van der Waals surface area (Å²) < 4.78 is 211. The molecule has 7 rings (SSSR count). The van der Waals surface area contributed by atoms with Crippen LogP contribution in [0.3, 0.4) is 0 Å². The fraction of sp³-hybridized carbons (Fsp3) is 0.429. The molecule has 1 fully saturated rings. The van der Waals surface area contributed by atoms with Gasteiger partial charge in [-0.3, -0.25) is 9.59 Å². The van der Waals surface area contributed by atoms with Crippen LogP contribution in [0.15, 0.2) is 92.0 Å². The summed E-state index contributed by atoms with van der Waals surface area (Å²) in [6.45, 7) is 5.30. The topological polar surface area (TPSA) is 393 Å². The summed E-state index contributed by atoms with van der Waals surface area (Å²) in [7, 11) is -25.0. The molecule has 26 nitrogen and oxygen atoms in total. The molecular formula is C49H53N3O23S5-4. The van der Waals surface area contributed by atoms with Gasteiger partial charge in [-0.2, -0.15) is 4.58 Å². The predicted molar refractivity (Wildman–Crippen MR) is 274 cm³/mol. The minimum absolute atomic E-state index is 0.0127. The van der Waals surface area contributed by atoms with E-state index < -0.39 is 105 Å². The van der Waals surface area contributed by atoms with Gasteiger partial charge in [0.2, 0.25) is 5.69 Å². The first-order valence-corrected chi connectivity index (χ1v) is 31.5. The van der Waals surface area contributed by atoms with Gasteiger partial charge in [-0.15, -0.1) is 5.06 Å². The molecule has 0 aliphatic carbocycles. The number of hydrogen-bond donors (Lipinski definition) is 0. The number of amides is 2. The van der Waals surface area contributed by atoms with Crippen molar-refractivity contribution in [2.45, 2.75) is 83.3 Å². The van der Waals surface area contributed by atoms with E-state index in [2.05, 4.69) is 0 Å². The third-order valence-corrected chi connectivity index (χ3v) is 17.9. The number of ether oxygens (including phenoxy) is 4. The Morgan fingerprint density at radius 2 is 1.19 bits per heavy atom. The van der Waals surface area contributed by atoms with Gasteiger partial charge in [-0.1, -0.05) is 12.1 Å². The molecule has 0 N–H and O–H groups in total. The lowest BCUT2D eigenvalue weighted by Crippen LogP contribution is -2.32. The summed E-state index contributed by atoms with van der Waals surface area (Å²) in [6.07, 6.45) is 3.99. The van der Waals surface area contributed by atoms with Gasteiger partial charge >= 0.3 is 5.97 Å². The summed E-state index contributed by atoms with van der Waals surface area (Å²) in [5.74, 6) is -2.93. The van der Waals surface area contributed by atoms with Gasteiger partial charge in [0.15, 0.2) is 12.3 Å². The van der Waals surface area contributed by atoms with E-state index in [0.717, 1.165) is 12.1 Å². The first-order chi connectivity index (χ1) is 37.2. The highest BCUT2D eigenvalue weighted by atomic mass is 32.2. The van der Waals surface area contributed by atoms with Crippen LogP contribution in [-0.2, 0) is 99.6 Å². The molecule has 80 heavy (non-hydrogen) atoms. The van der Waals surface area contributed by atoms with Crippen molar-refractivity contribution in [1.82, 2.24) is 5.06 Å². The Kier molecular flexibility index (Phi) is 18.3. The molecule has 0 bridgehead atoms. The molecule has 436 valence electrons. The van der Waals surface area contributed by atoms with Gasteiger partial charge < -0.3 is 51.4 Å². The second-order valence-corrected chi connectivity index (χ2v) is 26.3. The SMILES string of the molecule is COCCN1/C(=C/C=C/C2=[N+](CCOCCOCCOCCC(=O)ON3C(=O)CCC3=O)c3ccc4c(S(=O)(=O)[O-])cc(S(=O)(=O)[O-])cc4c3C2(C)C)C(C)(CCCS(=O)(=O)[O-])c2c1ccc1c(S(=O)(=O)[O-])cc(S(=O)(=O)[O-])cc21. The number of hydroxylamine groups is 2. The number of anilines is 1. The lowest BCUT2D eigenvalue weighted by Gasteiger charge is -2.31. The van der Waals surface area contributed by atoms with Gasteiger partial charge in [0.1, 0.15) is 47.1 Å². The van der Waals surface area contributed by atoms with Crippen molar-refractivity contribution in [1.29, 1.82) is 0 Å². The zero-order chi connectivity index (χ0) is 59.0. The van der Waals surface area contributed by atoms with Gasteiger partial charge in [0.25, 0.3) is 11.8 Å². The monoisotopic (exact) mass is 1210 g/mol. The number of benzene rings is 4. The van der Waals surface area contributed by atoms with E-state index in [1.54, 1.807) is 48.5 Å². The molecule has 1 atom stereocenters. The van der Waals surface area contributed by atoms with Crippen LogP contribution in [0.4, 0.5) is 11.4 Å². The highest BCUT2D eigenvalue weighted by molar-refractivity contribution is 7.87. The molecule has 0 aromatic heterocycles. The fourth-order valence-corrected chi connectivity index (χ4v) is 13.4. The third-order valence-electron chi connectivity index (χ3n) is 13.7. The summed E-state index contributed by atoms with van der Waals surface area (Å²) in [5, 5.41) is -0.209. The molecule has 3 heterocycles. The molecule has 0 saturated carbocycles. The van der Waals surface area contributed by atoms with E-state index >= 15 is 0 Å². The van der Waals surface area contributed by atoms with E-state index in [-0.39, 0.29) is 119 Å². The van der Waals surface area contributed by atoms with E-state index in [1.807, 2.05) is 0 Å². The maximum atomic E-state index is 12.7. The number of hydrogen-bond acceptors (Lipinski definition) is 24. The predicted octanol–water partition coefficient (Wildman–Crippen LogP) is 2.22. The Labute approximate surface area is 461 Å². The first kappa shape index (κ1) is 62.0. The average molecular weight is 1210 g/mol. The minimum Gasteiger partial charge on any atom is -0.748 e. The molecule has 0 spiro atoms. The normalized spacial score (nSPS) is 18.4. The number of imide groups is 1. The Morgan fingerprint density at radius 3 is 1.71 bits per heavy atom. The van der Waals surface area contributed by atoms with Crippen molar-refractivity contribution in [2.24, 2.45) is 0 Å². The van der Waals surface area contributed by atoms with E-state index in [1.165, 1.54) is 31.4 Å². The van der Waals surface area contributed by atoms with Crippen LogP contribution >= 0.6 is 0 Å². The molecule has 4 aromatic carbocycles. The maximum absolute atomic E-state index is 12.7. The molecule has 0 radical (unpaired) electrons. The maximum Gasteiger partial charge on any atom is 0.335 e. The number of carbonyl (C=O) groups is 3. The standard InChI is InChI=1S/C49H57N3O23S5/c1-48(2)41(7-5-8-42-49(3,16-6-26-76(56,57)58)47-36-28-32(78(62,63)64)30-40(80(68,69)70)34(36)10-12-38(47)51(42)17-20-71-4)50(37-11-9-33-35(46(37)48)27-31(77(59,60)61)29-39(33)79(65,66)67)18-21-73-23-25-74-24-22-72-19-15-45(55)75-52-43(53)13-14-44(52)54/h5,7-12,27-30H,6,13-26H2,1-4H3,(H4-,56,57,58,59,60,61,62,63,64,65,66,67,68,69,70)/p-4. The third kappa shape index (κ3) is 13.5. The smallest absolute Gasteiger partial charge is 0.335 e. The van der Waals surface area contributed by atoms with Crippen LogP contribution in [0.1, 0.15) is 64.0 Å². The number of nitrogens with zero attached hydrogens (tertiary/aromatic N) is 3. The Bertz CT molecular complexity index is 3840. The van der Waals surface area contributed by atoms with E-state index in [9.17, 15) is 79.2 Å². The van der Waals surface area contributed by atoms with Gasteiger partial charge in [-0.25, -0.2) is 46.9 Å². The van der Waals surface area contributed by atoms with Crippen LogP contribution in [0.2, 0.25) is 0 Å². The first-order valence-electron chi connectivity index (χ1n) is 24.3. The van der Waals surface area contributed by atoms with Gasteiger partial charge in [0, 0.05) is 72.1 Å². The molecular weight excluding hydrogens is 1160 g/mol. The fourth-order valence-electron chi connectivity index (χ4n) is 10.2. The zero-order valence-electron chi connectivity index (χ0n) is 43.2. The number of allylic oxidation sites excluding steroid dienone is 4. The quantitative estimate of drug-likeness (QED) is 0.0376. The van der Waals surface area contributed by atoms with Crippen molar-refractivity contribution in [3.8, 4) is 0 Å². The Morgan fingerprint density at radius 1 is 0.662 bits per heavy atom. The van der Waals surface area contributed by atoms with E-state index in [4.69, 9.17) is 23.8 Å². The summed E-state index contributed by atoms with van der Waals surface area (Å²) in [5.41, 5.74) is -0.749. The molecule has 1 saturated heterocycles. The van der Waals surface area contributed by atoms with Gasteiger partial charge in [-0.05, 0) is 97.8 Å². The highest BCUT2D eigenvalue weighted by Gasteiger charge is 2.47. The zero-order valence-corrected chi connectivity index (χ0v) is 47.3. The van der Waals surface area contributed by atoms with Gasteiger partial charge in [0.05, 0.1) is 81.2 Å². The second kappa shape index (κ2) is 23.7. The number of carbonyl (C=O) groups excluding carboxylic acids is 3. The molecule has 3 aliphatic heterocycles. The van der Waals surface area contributed by atoms with Crippen molar-refractivity contribution in [3.63, 3.8) is 0 Å². The Balaban J connectivity index is 1.25. The largest absolute Gasteiger partial charge is 0.748 e. The lowest BCUT2D eigenvalue weighted by molar-refractivity contribution is -0.442. The molecule has 2 amide bonds. The number of methoxy groups -OCH3 is 1.